The van der Waals surface area contributed by atoms with Crippen molar-refractivity contribution in [3.05, 3.63) is 77.3 Å². The highest BCUT2D eigenvalue weighted by Gasteiger charge is 2.10. The summed E-state index contributed by atoms with van der Waals surface area (Å²) in [4.78, 5) is 20.4. The fourth-order valence-electron chi connectivity index (χ4n) is 1.96. The van der Waals surface area contributed by atoms with Crippen LogP contribution in [0.3, 0.4) is 0 Å². The van der Waals surface area contributed by atoms with Gasteiger partial charge in [0.2, 0.25) is 5.95 Å². The molecule has 0 unspecified atom stereocenters. The van der Waals surface area contributed by atoms with Crippen LogP contribution in [0.1, 0.15) is 10.5 Å². The van der Waals surface area contributed by atoms with Crippen molar-refractivity contribution in [2.45, 2.75) is 0 Å². The SMILES string of the molecule is O=C(Nc1ccc(F)cc1)c1ccnc(Nc2ccccc2Cl)n1. The van der Waals surface area contributed by atoms with E-state index in [9.17, 15) is 9.18 Å². The highest BCUT2D eigenvalue weighted by molar-refractivity contribution is 6.33. The number of carbonyl (C=O) groups excluding carboxylic acids is 1. The first-order valence-corrected chi connectivity index (χ1v) is 7.41. The van der Waals surface area contributed by atoms with Crippen LogP contribution in [-0.2, 0) is 0 Å². The average molecular weight is 343 g/mol. The van der Waals surface area contributed by atoms with Crippen molar-refractivity contribution in [1.82, 2.24) is 9.97 Å². The Labute approximate surface area is 142 Å². The van der Waals surface area contributed by atoms with Crippen LogP contribution < -0.4 is 10.6 Å². The molecular weight excluding hydrogens is 331 g/mol. The molecule has 120 valence electrons. The molecule has 1 aromatic heterocycles. The topological polar surface area (TPSA) is 66.9 Å². The molecule has 1 amide bonds. The van der Waals surface area contributed by atoms with Gasteiger partial charge in [0, 0.05) is 11.9 Å². The van der Waals surface area contributed by atoms with Crippen molar-refractivity contribution in [2.75, 3.05) is 10.6 Å². The van der Waals surface area contributed by atoms with E-state index >= 15 is 0 Å². The van der Waals surface area contributed by atoms with Gasteiger partial charge < -0.3 is 10.6 Å². The summed E-state index contributed by atoms with van der Waals surface area (Å²) in [6, 6.07) is 14.1. The second-order valence-electron chi connectivity index (χ2n) is 4.83. The summed E-state index contributed by atoms with van der Waals surface area (Å²) in [7, 11) is 0. The zero-order valence-electron chi connectivity index (χ0n) is 12.3. The summed E-state index contributed by atoms with van der Waals surface area (Å²) < 4.78 is 12.9. The Balaban J connectivity index is 1.76. The smallest absolute Gasteiger partial charge is 0.274 e. The molecule has 0 aliphatic heterocycles. The molecule has 0 radical (unpaired) electrons. The summed E-state index contributed by atoms with van der Waals surface area (Å²) >= 11 is 6.07. The van der Waals surface area contributed by atoms with Crippen LogP contribution in [0.15, 0.2) is 60.8 Å². The largest absolute Gasteiger partial charge is 0.323 e. The van der Waals surface area contributed by atoms with Crippen molar-refractivity contribution in [1.29, 1.82) is 0 Å². The number of aromatic nitrogens is 2. The Morgan fingerprint density at radius 1 is 1.04 bits per heavy atom. The van der Waals surface area contributed by atoms with E-state index in [1.165, 1.54) is 36.5 Å². The molecule has 0 saturated carbocycles. The van der Waals surface area contributed by atoms with Gasteiger partial charge in [0.05, 0.1) is 10.7 Å². The minimum Gasteiger partial charge on any atom is -0.323 e. The maximum atomic E-state index is 12.9. The summed E-state index contributed by atoms with van der Waals surface area (Å²) in [6.07, 6.45) is 1.46. The Hall–Kier alpha value is -2.99. The van der Waals surface area contributed by atoms with E-state index in [4.69, 9.17) is 11.6 Å². The lowest BCUT2D eigenvalue weighted by atomic mass is 10.3. The number of benzene rings is 2. The Bertz CT molecular complexity index is 870. The van der Waals surface area contributed by atoms with Crippen LogP contribution in [0.25, 0.3) is 0 Å². The molecular formula is C17H12ClFN4O. The minimum absolute atomic E-state index is 0.170. The number of hydrogen-bond acceptors (Lipinski definition) is 4. The van der Waals surface area contributed by atoms with Gasteiger partial charge in [-0.1, -0.05) is 23.7 Å². The van der Waals surface area contributed by atoms with E-state index in [0.29, 0.717) is 16.4 Å². The number of halogens is 2. The van der Waals surface area contributed by atoms with E-state index < -0.39 is 5.91 Å². The van der Waals surface area contributed by atoms with Gasteiger partial charge in [0.25, 0.3) is 5.91 Å². The number of carbonyl (C=O) groups is 1. The Morgan fingerprint density at radius 2 is 1.79 bits per heavy atom. The fourth-order valence-corrected chi connectivity index (χ4v) is 2.14. The number of amides is 1. The fraction of sp³-hybridized carbons (Fsp3) is 0. The van der Waals surface area contributed by atoms with Gasteiger partial charge in [-0.2, -0.15) is 0 Å². The number of rotatable bonds is 4. The van der Waals surface area contributed by atoms with E-state index in [1.54, 1.807) is 18.2 Å². The molecule has 2 aromatic carbocycles. The maximum absolute atomic E-state index is 12.9. The minimum atomic E-state index is -0.425. The zero-order valence-corrected chi connectivity index (χ0v) is 13.1. The van der Waals surface area contributed by atoms with Gasteiger partial charge >= 0.3 is 0 Å². The van der Waals surface area contributed by atoms with E-state index in [0.717, 1.165) is 0 Å². The van der Waals surface area contributed by atoms with Gasteiger partial charge in [-0.15, -0.1) is 0 Å². The molecule has 3 aromatic rings. The summed E-state index contributed by atoms with van der Waals surface area (Å²) in [6.45, 7) is 0. The van der Waals surface area contributed by atoms with Gasteiger partial charge in [-0.05, 0) is 42.5 Å². The van der Waals surface area contributed by atoms with Crippen LogP contribution in [-0.4, -0.2) is 15.9 Å². The number of nitrogens with one attached hydrogen (secondary N) is 2. The molecule has 3 rings (SSSR count). The summed E-state index contributed by atoms with van der Waals surface area (Å²) in [5.41, 5.74) is 1.28. The van der Waals surface area contributed by atoms with E-state index in [1.807, 2.05) is 6.07 Å². The second kappa shape index (κ2) is 7.06. The van der Waals surface area contributed by atoms with Crippen molar-refractivity contribution >= 4 is 34.8 Å². The molecule has 0 fully saturated rings. The highest BCUT2D eigenvalue weighted by Crippen LogP contribution is 2.23. The first kappa shape index (κ1) is 15.9. The molecule has 0 bridgehead atoms. The maximum Gasteiger partial charge on any atom is 0.274 e. The molecule has 0 spiro atoms. The van der Waals surface area contributed by atoms with Crippen LogP contribution in [0.5, 0.6) is 0 Å². The molecule has 0 aliphatic carbocycles. The molecule has 2 N–H and O–H groups in total. The highest BCUT2D eigenvalue weighted by atomic mass is 35.5. The van der Waals surface area contributed by atoms with Gasteiger partial charge in [-0.3, -0.25) is 4.79 Å². The van der Waals surface area contributed by atoms with Gasteiger partial charge in [0.1, 0.15) is 11.5 Å². The average Bonchev–Trinajstić information content (AvgIpc) is 2.59. The molecule has 1 heterocycles. The number of hydrogen-bond donors (Lipinski definition) is 2. The lowest BCUT2D eigenvalue weighted by Crippen LogP contribution is -2.14. The van der Waals surface area contributed by atoms with Crippen molar-refractivity contribution in [3.8, 4) is 0 Å². The standard InChI is InChI=1S/C17H12ClFN4O/c18-13-3-1-2-4-14(13)22-17-20-10-9-15(23-17)16(24)21-12-7-5-11(19)6-8-12/h1-10H,(H,21,24)(H,20,22,23). The Kier molecular flexibility index (Phi) is 4.67. The number of para-hydroxylation sites is 1. The third-order valence-corrected chi connectivity index (χ3v) is 3.44. The third kappa shape index (κ3) is 3.85. The van der Waals surface area contributed by atoms with E-state index in [-0.39, 0.29) is 17.5 Å². The van der Waals surface area contributed by atoms with Crippen molar-refractivity contribution < 1.29 is 9.18 Å². The predicted octanol–water partition coefficient (Wildman–Crippen LogP) is 4.27. The monoisotopic (exact) mass is 342 g/mol. The molecule has 0 saturated heterocycles. The number of anilines is 3. The van der Waals surface area contributed by atoms with Crippen LogP contribution in [0.2, 0.25) is 5.02 Å². The van der Waals surface area contributed by atoms with Crippen molar-refractivity contribution in [3.63, 3.8) is 0 Å². The van der Waals surface area contributed by atoms with E-state index in [2.05, 4.69) is 20.6 Å². The summed E-state index contributed by atoms with van der Waals surface area (Å²) in [5, 5.41) is 6.11. The van der Waals surface area contributed by atoms with Crippen LogP contribution in [0, 0.1) is 5.82 Å². The molecule has 24 heavy (non-hydrogen) atoms. The molecule has 0 atom stereocenters. The molecule has 0 aliphatic rings. The molecule has 5 nitrogen and oxygen atoms in total. The first-order chi connectivity index (χ1) is 11.6. The third-order valence-electron chi connectivity index (χ3n) is 3.11. The van der Waals surface area contributed by atoms with Crippen LogP contribution in [0.4, 0.5) is 21.7 Å². The Morgan fingerprint density at radius 3 is 2.54 bits per heavy atom. The lowest BCUT2D eigenvalue weighted by molar-refractivity contribution is 0.102. The van der Waals surface area contributed by atoms with Crippen molar-refractivity contribution in [2.24, 2.45) is 0 Å². The predicted molar refractivity (Wildman–Crippen MR) is 91.1 cm³/mol. The van der Waals surface area contributed by atoms with Gasteiger partial charge in [-0.25, -0.2) is 14.4 Å². The van der Waals surface area contributed by atoms with Gasteiger partial charge in [0.15, 0.2) is 0 Å². The quantitative estimate of drug-likeness (QED) is 0.743. The summed E-state index contributed by atoms with van der Waals surface area (Å²) in [5.74, 6) is -0.553. The first-order valence-electron chi connectivity index (χ1n) is 7.03. The lowest BCUT2D eigenvalue weighted by Gasteiger charge is -2.08. The van der Waals surface area contributed by atoms with Crippen LogP contribution >= 0.6 is 11.6 Å². The number of nitrogens with zero attached hydrogens (tertiary/aromatic N) is 2. The normalized spacial score (nSPS) is 10.2. The molecule has 7 heteroatoms. The zero-order chi connectivity index (χ0) is 16.9. The second-order valence-corrected chi connectivity index (χ2v) is 5.24.